The van der Waals surface area contributed by atoms with E-state index in [1.54, 1.807) is 36.7 Å². The van der Waals surface area contributed by atoms with Gasteiger partial charge in [-0.2, -0.15) is 0 Å². The van der Waals surface area contributed by atoms with E-state index in [0.29, 0.717) is 11.3 Å². The molecule has 0 aliphatic heterocycles. The molecular weight excluding hydrogens is 316 g/mol. The summed E-state index contributed by atoms with van der Waals surface area (Å²) in [7, 11) is 0. The number of anilines is 1. The largest absolute Gasteiger partial charge is 0.347 e. The van der Waals surface area contributed by atoms with Gasteiger partial charge in [-0.1, -0.05) is 6.07 Å². The van der Waals surface area contributed by atoms with Gasteiger partial charge in [0.2, 0.25) is 0 Å². The Morgan fingerprint density at radius 1 is 1.08 bits per heavy atom. The Labute approximate surface area is 148 Å². The highest BCUT2D eigenvalue weighted by Gasteiger charge is 2.16. The molecular formula is C19H24N4O2. The van der Waals surface area contributed by atoms with E-state index in [0.717, 1.165) is 5.56 Å². The topological polar surface area (TPSA) is 83.1 Å². The van der Waals surface area contributed by atoms with E-state index < -0.39 is 0 Å². The van der Waals surface area contributed by atoms with Gasteiger partial charge in [-0.05, 0) is 63.6 Å². The summed E-state index contributed by atoms with van der Waals surface area (Å²) in [6.07, 6.45) is 3.37. The van der Waals surface area contributed by atoms with Gasteiger partial charge in [0.05, 0.1) is 6.04 Å². The van der Waals surface area contributed by atoms with E-state index in [9.17, 15) is 9.59 Å². The van der Waals surface area contributed by atoms with Crippen molar-refractivity contribution in [1.82, 2.24) is 15.6 Å². The van der Waals surface area contributed by atoms with Crippen LogP contribution >= 0.6 is 0 Å². The maximum absolute atomic E-state index is 12.2. The first-order chi connectivity index (χ1) is 11.7. The summed E-state index contributed by atoms with van der Waals surface area (Å²) in [4.78, 5) is 28.3. The van der Waals surface area contributed by atoms with Crippen LogP contribution in [0.5, 0.6) is 0 Å². The monoisotopic (exact) mass is 340 g/mol. The predicted molar refractivity (Wildman–Crippen MR) is 98.5 cm³/mol. The summed E-state index contributed by atoms with van der Waals surface area (Å²) < 4.78 is 0. The Morgan fingerprint density at radius 3 is 2.40 bits per heavy atom. The average Bonchev–Trinajstić information content (AvgIpc) is 2.54. The van der Waals surface area contributed by atoms with Crippen molar-refractivity contribution < 1.29 is 9.59 Å². The van der Waals surface area contributed by atoms with E-state index in [-0.39, 0.29) is 23.5 Å². The van der Waals surface area contributed by atoms with Gasteiger partial charge in [0.1, 0.15) is 0 Å². The lowest BCUT2D eigenvalue weighted by molar-refractivity contribution is 0.0919. The number of benzene rings is 1. The molecule has 1 aromatic heterocycles. The number of hydrogen-bond donors (Lipinski definition) is 3. The molecule has 0 saturated carbocycles. The Hall–Kier alpha value is -2.89. The van der Waals surface area contributed by atoms with Crippen LogP contribution in [-0.2, 0) is 0 Å². The highest BCUT2D eigenvalue weighted by atomic mass is 16.2. The van der Waals surface area contributed by atoms with Gasteiger partial charge in [-0.3, -0.25) is 9.78 Å². The van der Waals surface area contributed by atoms with E-state index in [1.807, 2.05) is 39.8 Å². The molecule has 0 aliphatic rings. The van der Waals surface area contributed by atoms with Gasteiger partial charge in [0.15, 0.2) is 0 Å². The van der Waals surface area contributed by atoms with Crippen molar-refractivity contribution in [3.63, 3.8) is 0 Å². The van der Waals surface area contributed by atoms with Crippen molar-refractivity contribution in [1.29, 1.82) is 0 Å². The Bertz CT molecular complexity index is 739. The molecule has 6 heteroatoms. The summed E-state index contributed by atoms with van der Waals surface area (Å²) >= 11 is 0. The van der Waals surface area contributed by atoms with Crippen LogP contribution in [0.15, 0.2) is 48.8 Å². The van der Waals surface area contributed by atoms with E-state index >= 15 is 0 Å². The summed E-state index contributed by atoms with van der Waals surface area (Å²) in [5, 5.41) is 8.50. The van der Waals surface area contributed by atoms with Crippen molar-refractivity contribution in [2.24, 2.45) is 0 Å². The quantitative estimate of drug-likeness (QED) is 0.796. The molecule has 1 aromatic carbocycles. The number of carbonyl (C=O) groups is 2. The molecule has 1 atom stereocenters. The SMILES string of the molecule is CC(NC(=O)Nc1cccc(C(=O)NC(C)(C)C)c1)c1ccncc1. The summed E-state index contributed by atoms with van der Waals surface area (Å²) in [6, 6.07) is 10.0. The first kappa shape index (κ1) is 18.4. The zero-order chi connectivity index (χ0) is 18.4. The number of nitrogens with one attached hydrogen (secondary N) is 3. The second kappa shape index (κ2) is 7.79. The predicted octanol–water partition coefficient (Wildman–Crippen LogP) is 3.49. The Kier molecular flexibility index (Phi) is 5.75. The fourth-order valence-electron chi connectivity index (χ4n) is 2.25. The van der Waals surface area contributed by atoms with Gasteiger partial charge < -0.3 is 16.0 Å². The molecule has 0 spiro atoms. The third kappa shape index (κ3) is 5.91. The number of hydrogen-bond acceptors (Lipinski definition) is 3. The highest BCUT2D eigenvalue weighted by Crippen LogP contribution is 2.14. The Balaban J connectivity index is 1.99. The van der Waals surface area contributed by atoms with Crippen LogP contribution in [0.4, 0.5) is 10.5 Å². The molecule has 2 aromatic rings. The van der Waals surface area contributed by atoms with Crippen LogP contribution in [0.3, 0.4) is 0 Å². The van der Waals surface area contributed by atoms with Crippen LogP contribution < -0.4 is 16.0 Å². The average molecular weight is 340 g/mol. The van der Waals surface area contributed by atoms with Gasteiger partial charge in [-0.15, -0.1) is 0 Å². The lowest BCUT2D eigenvalue weighted by atomic mass is 10.1. The van der Waals surface area contributed by atoms with Crippen molar-refractivity contribution in [2.45, 2.75) is 39.3 Å². The molecule has 0 saturated heterocycles. The van der Waals surface area contributed by atoms with Crippen molar-refractivity contribution in [2.75, 3.05) is 5.32 Å². The zero-order valence-electron chi connectivity index (χ0n) is 15.0. The molecule has 2 rings (SSSR count). The fraction of sp³-hybridized carbons (Fsp3) is 0.316. The van der Waals surface area contributed by atoms with Crippen molar-refractivity contribution in [3.05, 3.63) is 59.9 Å². The van der Waals surface area contributed by atoms with Crippen molar-refractivity contribution >= 4 is 17.6 Å². The van der Waals surface area contributed by atoms with Crippen LogP contribution in [0.25, 0.3) is 0 Å². The Morgan fingerprint density at radius 2 is 1.76 bits per heavy atom. The molecule has 132 valence electrons. The fourth-order valence-corrected chi connectivity index (χ4v) is 2.25. The van der Waals surface area contributed by atoms with E-state index in [4.69, 9.17) is 0 Å². The molecule has 1 unspecified atom stereocenters. The third-order valence-electron chi connectivity index (χ3n) is 3.42. The molecule has 0 fully saturated rings. The van der Waals surface area contributed by atoms with Gasteiger partial charge >= 0.3 is 6.03 Å². The lowest BCUT2D eigenvalue weighted by Gasteiger charge is -2.20. The van der Waals surface area contributed by atoms with E-state index in [1.165, 1.54) is 0 Å². The first-order valence-corrected chi connectivity index (χ1v) is 8.14. The standard InChI is InChI=1S/C19H24N4O2/c1-13(14-8-10-20-11-9-14)21-18(25)22-16-7-5-6-15(12-16)17(24)23-19(2,3)4/h5-13H,1-4H3,(H,23,24)(H2,21,22,25). The molecule has 0 bridgehead atoms. The van der Waals surface area contributed by atoms with Crippen LogP contribution in [0.1, 0.15) is 49.7 Å². The summed E-state index contributed by atoms with van der Waals surface area (Å²) in [5.74, 6) is -0.179. The van der Waals surface area contributed by atoms with Crippen molar-refractivity contribution in [3.8, 4) is 0 Å². The number of rotatable bonds is 4. The number of aromatic nitrogens is 1. The highest BCUT2D eigenvalue weighted by molar-refractivity contribution is 5.97. The van der Waals surface area contributed by atoms with Gasteiger partial charge in [0, 0.05) is 29.2 Å². The molecule has 0 aliphatic carbocycles. The first-order valence-electron chi connectivity index (χ1n) is 8.14. The minimum Gasteiger partial charge on any atom is -0.347 e. The third-order valence-corrected chi connectivity index (χ3v) is 3.42. The summed E-state index contributed by atoms with van der Waals surface area (Å²) in [6.45, 7) is 7.64. The molecule has 3 amide bonds. The number of nitrogens with zero attached hydrogens (tertiary/aromatic N) is 1. The zero-order valence-corrected chi connectivity index (χ0v) is 15.0. The van der Waals surface area contributed by atoms with Crippen LogP contribution in [-0.4, -0.2) is 22.5 Å². The normalized spacial score (nSPS) is 12.2. The minimum absolute atomic E-state index is 0.157. The second-order valence-electron chi connectivity index (χ2n) is 6.89. The smallest absolute Gasteiger partial charge is 0.319 e. The van der Waals surface area contributed by atoms with E-state index in [2.05, 4.69) is 20.9 Å². The number of urea groups is 1. The lowest BCUT2D eigenvalue weighted by Crippen LogP contribution is -2.40. The number of carbonyl (C=O) groups excluding carboxylic acids is 2. The number of amides is 3. The molecule has 3 N–H and O–H groups in total. The second-order valence-corrected chi connectivity index (χ2v) is 6.89. The van der Waals surface area contributed by atoms with Crippen LogP contribution in [0, 0.1) is 0 Å². The maximum atomic E-state index is 12.2. The summed E-state index contributed by atoms with van der Waals surface area (Å²) in [5.41, 5.74) is 1.69. The number of pyridine rings is 1. The van der Waals surface area contributed by atoms with Gasteiger partial charge in [-0.25, -0.2) is 4.79 Å². The van der Waals surface area contributed by atoms with Gasteiger partial charge in [0.25, 0.3) is 5.91 Å². The van der Waals surface area contributed by atoms with Crippen LogP contribution in [0.2, 0.25) is 0 Å². The molecule has 0 radical (unpaired) electrons. The molecule has 25 heavy (non-hydrogen) atoms. The minimum atomic E-state index is -0.335. The molecule has 6 nitrogen and oxygen atoms in total. The maximum Gasteiger partial charge on any atom is 0.319 e. The molecule has 1 heterocycles.